The maximum absolute atomic E-state index is 13.5. The van der Waals surface area contributed by atoms with Gasteiger partial charge in [0.1, 0.15) is 5.82 Å². The molecule has 0 aliphatic rings. The molecule has 0 aliphatic carbocycles. The molecular formula is C16H18FNO3S. The summed E-state index contributed by atoms with van der Waals surface area (Å²) in [6.45, 7) is 3.06. The van der Waals surface area contributed by atoms with E-state index in [1.165, 1.54) is 25.1 Å². The van der Waals surface area contributed by atoms with Crippen molar-refractivity contribution < 1.29 is 17.9 Å². The number of nitrogens with one attached hydrogen (secondary N) is 1. The Kier molecular flexibility index (Phi) is 4.95. The van der Waals surface area contributed by atoms with Gasteiger partial charge in [-0.2, -0.15) is 0 Å². The number of aliphatic hydroxyl groups excluding tert-OH is 1. The van der Waals surface area contributed by atoms with Gasteiger partial charge in [-0.05, 0) is 37.1 Å². The van der Waals surface area contributed by atoms with Gasteiger partial charge >= 0.3 is 0 Å². The van der Waals surface area contributed by atoms with Crippen molar-refractivity contribution in [3.8, 4) is 0 Å². The van der Waals surface area contributed by atoms with Crippen molar-refractivity contribution in [2.24, 2.45) is 0 Å². The largest absolute Gasteiger partial charge is 0.387 e. The van der Waals surface area contributed by atoms with E-state index in [9.17, 15) is 17.9 Å². The molecule has 2 aromatic carbocycles. The molecule has 0 amide bonds. The summed E-state index contributed by atoms with van der Waals surface area (Å²) in [5, 5.41) is 10.1. The van der Waals surface area contributed by atoms with Gasteiger partial charge in [-0.15, -0.1) is 0 Å². The van der Waals surface area contributed by atoms with Crippen molar-refractivity contribution in [1.29, 1.82) is 0 Å². The molecule has 0 spiro atoms. The van der Waals surface area contributed by atoms with E-state index in [1.807, 2.05) is 19.1 Å². The van der Waals surface area contributed by atoms with Gasteiger partial charge in [0.15, 0.2) is 0 Å². The number of hydrogen-bond donors (Lipinski definition) is 2. The van der Waals surface area contributed by atoms with Crippen LogP contribution in [-0.2, 0) is 10.0 Å². The molecule has 0 heterocycles. The van der Waals surface area contributed by atoms with Crippen LogP contribution in [0.2, 0.25) is 0 Å². The van der Waals surface area contributed by atoms with Crippen molar-refractivity contribution in [3.05, 3.63) is 65.0 Å². The van der Waals surface area contributed by atoms with Gasteiger partial charge in [0.05, 0.1) is 11.0 Å². The normalized spacial score (nSPS) is 13.1. The third-order valence-electron chi connectivity index (χ3n) is 3.52. The molecule has 0 fully saturated rings. The summed E-state index contributed by atoms with van der Waals surface area (Å²) in [6, 6.07) is 11.1. The predicted molar refractivity (Wildman–Crippen MR) is 82.5 cm³/mol. The van der Waals surface area contributed by atoms with E-state index in [1.54, 1.807) is 12.1 Å². The second-order valence-corrected chi connectivity index (χ2v) is 6.82. The lowest BCUT2D eigenvalue weighted by Crippen LogP contribution is -2.29. The van der Waals surface area contributed by atoms with Gasteiger partial charge in [-0.25, -0.2) is 17.5 Å². The van der Waals surface area contributed by atoms with E-state index in [4.69, 9.17) is 0 Å². The number of halogens is 1. The minimum atomic E-state index is -3.88. The summed E-state index contributed by atoms with van der Waals surface area (Å²) in [5.41, 5.74) is 1.58. The molecule has 0 bridgehead atoms. The molecule has 1 unspecified atom stereocenters. The van der Waals surface area contributed by atoms with Crippen LogP contribution in [0.15, 0.2) is 47.4 Å². The summed E-state index contributed by atoms with van der Waals surface area (Å²) >= 11 is 0. The van der Waals surface area contributed by atoms with Crippen molar-refractivity contribution in [1.82, 2.24) is 4.72 Å². The lowest BCUT2D eigenvalue weighted by molar-refractivity contribution is 0.181. The summed E-state index contributed by atoms with van der Waals surface area (Å²) in [5.74, 6) is -0.581. The highest BCUT2D eigenvalue weighted by atomic mass is 32.2. The molecular weight excluding hydrogens is 305 g/mol. The molecule has 0 aromatic heterocycles. The maximum Gasteiger partial charge on any atom is 0.241 e. The minimum absolute atomic E-state index is 0.0559. The first kappa shape index (κ1) is 16.6. The van der Waals surface area contributed by atoms with Crippen LogP contribution in [0.5, 0.6) is 0 Å². The molecule has 0 aliphatic heterocycles. The van der Waals surface area contributed by atoms with Crippen molar-refractivity contribution in [2.75, 3.05) is 6.54 Å². The van der Waals surface area contributed by atoms with Crippen LogP contribution in [0, 0.1) is 19.7 Å². The van der Waals surface area contributed by atoms with Gasteiger partial charge in [-0.1, -0.05) is 30.3 Å². The number of aryl methyl sites for hydroxylation is 1. The number of sulfonamides is 1. The van der Waals surface area contributed by atoms with Crippen LogP contribution in [0.1, 0.15) is 22.8 Å². The molecule has 6 heteroatoms. The fraction of sp³-hybridized carbons (Fsp3) is 0.250. The van der Waals surface area contributed by atoms with Crippen LogP contribution < -0.4 is 4.72 Å². The zero-order valence-corrected chi connectivity index (χ0v) is 13.2. The van der Waals surface area contributed by atoms with Crippen LogP contribution in [-0.4, -0.2) is 20.1 Å². The lowest BCUT2D eigenvalue weighted by atomic mass is 10.0. The monoisotopic (exact) mass is 323 g/mol. The summed E-state index contributed by atoms with van der Waals surface area (Å²) in [7, 11) is -3.88. The molecule has 4 nitrogen and oxygen atoms in total. The Morgan fingerprint density at radius 1 is 1.14 bits per heavy atom. The minimum Gasteiger partial charge on any atom is -0.387 e. The second kappa shape index (κ2) is 6.56. The van der Waals surface area contributed by atoms with E-state index >= 15 is 0 Å². The first-order chi connectivity index (χ1) is 10.3. The SMILES string of the molecule is Cc1ccccc1C(O)CNS(=O)(=O)c1cccc(F)c1C. The molecule has 0 radical (unpaired) electrons. The molecule has 22 heavy (non-hydrogen) atoms. The van der Waals surface area contributed by atoms with E-state index in [2.05, 4.69) is 4.72 Å². The second-order valence-electron chi connectivity index (χ2n) is 5.09. The highest BCUT2D eigenvalue weighted by Gasteiger charge is 2.20. The van der Waals surface area contributed by atoms with Gasteiger partial charge in [0.2, 0.25) is 10.0 Å². The van der Waals surface area contributed by atoms with Crippen molar-refractivity contribution >= 4 is 10.0 Å². The Morgan fingerprint density at radius 2 is 1.82 bits per heavy atom. The van der Waals surface area contributed by atoms with Crippen LogP contribution >= 0.6 is 0 Å². The molecule has 118 valence electrons. The van der Waals surface area contributed by atoms with Gasteiger partial charge in [-0.3, -0.25) is 0 Å². The number of rotatable bonds is 5. The fourth-order valence-corrected chi connectivity index (χ4v) is 3.51. The van der Waals surface area contributed by atoms with E-state index in [0.29, 0.717) is 5.56 Å². The van der Waals surface area contributed by atoms with Crippen molar-refractivity contribution in [2.45, 2.75) is 24.8 Å². The molecule has 2 rings (SSSR count). The van der Waals surface area contributed by atoms with E-state index < -0.39 is 21.9 Å². The Bertz CT molecular complexity index is 775. The van der Waals surface area contributed by atoms with Gasteiger partial charge < -0.3 is 5.11 Å². The first-order valence-corrected chi connectivity index (χ1v) is 8.29. The first-order valence-electron chi connectivity index (χ1n) is 6.81. The van der Waals surface area contributed by atoms with E-state index in [0.717, 1.165) is 5.56 Å². The highest BCUT2D eigenvalue weighted by molar-refractivity contribution is 7.89. The molecule has 0 saturated heterocycles. The molecule has 2 aromatic rings. The smallest absolute Gasteiger partial charge is 0.241 e. The zero-order chi connectivity index (χ0) is 16.3. The van der Waals surface area contributed by atoms with E-state index in [-0.39, 0.29) is 17.0 Å². The Balaban J connectivity index is 2.17. The quantitative estimate of drug-likeness (QED) is 0.888. The fourth-order valence-electron chi connectivity index (χ4n) is 2.22. The number of aliphatic hydroxyl groups is 1. The lowest BCUT2D eigenvalue weighted by Gasteiger charge is -2.15. The van der Waals surface area contributed by atoms with Gasteiger partial charge in [0, 0.05) is 12.1 Å². The van der Waals surface area contributed by atoms with Gasteiger partial charge in [0.25, 0.3) is 0 Å². The Hall–Kier alpha value is -1.76. The highest BCUT2D eigenvalue weighted by Crippen LogP contribution is 2.20. The summed E-state index contributed by atoms with van der Waals surface area (Å²) < 4.78 is 40.3. The maximum atomic E-state index is 13.5. The summed E-state index contributed by atoms with van der Waals surface area (Å²) in [4.78, 5) is -0.121. The Labute approximate surface area is 129 Å². The Morgan fingerprint density at radius 3 is 2.50 bits per heavy atom. The molecule has 1 atom stereocenters. The third-order valence-corrected chi connectivity index (χ3v) is 5.09. The van der Waals surface area contributed by atoms with Crippen LogP contribution in [0.25, 0.3) is 0 Å². The average molecular weight is 323 g/mol. The topological polar surface area (TPSA) is 66.4 Å². The molecule has 0 saturated carbocycles. The summed E-state index contributed by atoms with van der Waals surface area (Å²) in [6.07, 6.45) is -0.968. The predicted octanol–water partition coefficient (Wildman–Crippen LogP) is 2.45. The van der Waals surface area contributed by atoms with Crippen LogP contribution in [0.4, 0.5) is 4.39 Å². The van der Waals surface area contributed by atoms with Crippen LogP contribution in [0.3, 0.4) is 0 Å². The number of benzene rings is 2. The average Bonchev–Trinajstić information content (AvgIpc) is 2.48. The standard InChI is InChI=1S/C16H18FNO3S/c1-11-6-3-4-7-13(11)15(19)10-18-22(20,21)16-9-5-8-14(17)12(16)2/h3-9,15,18-19H,10H2,1-2H3. The zero-order valence-electron chi connectivity index (χ0n) is 12.4. The third kappa shape index (κ3) is 3.52. The number of hydrogen-bond acceptors (Lipinski definition) is 3. The van der Waals surface area contributed by atoms with Crippen molar-refractivity contribution in [3.63, 3.8) is 0 Å². The molecule has 2 N–H and O–H groups in total.